The largest absolute Gasteiger partial charge is 0.481 e. The number of ketones is 1. The van der Waals surface area contributed by atoms with E-state index in [-0.39, 0.29) is 18.1 Å². The van der Waals surface area contributed by atoms with Gasteiger partial charge in [-0.05, 0) is 43.3 Å². The lowest BCUT2D eigenvalue weighted by atomic mass is 9.98. The van der Waals surface area contributed by atoms with E-state index in [1.807, 2.05) is 23.3 Å². The molecule has 1 aromatic rings. The van der Waals surface area contributed by atoms with E-state index in [0.717, 1.165) is 18.5 Å². The highest BCUT2D eigenvalue weighted by atomic mass is 32.1. The number of aryl methyl sites for hydroxylation is 1. The maximum atomic E-state index is 12.1. The summed E-state index contributed by atoms with van der Waals surface area (Å²) in [5.74, 6) is -1.29. The molecular formula is C15H21NO4S. The zero-order valence-corrected chi connectivity index (χ0v) is 12.9. The normalized spacial score (nSPS) is 21.1. The summed E-state index contributed by atoms with van der Waals surface area (Å²) in [5.41, 5.74) is 0.935. The zero-order chi connectivity index (χ0) is 15.4. The van der Waals surface area contributed by atoms with Crippen molar-refractivity contribution in [2.24, 2.45) is 5.92 Å². The lowest BCUT2D eigenvalue weighted by Gasteiger charge is -2.30. The Morgan fingerprint density at radius 3 is 2.90 bits per heavy atom. The Kier molecular flexibility index (Phi) is 5.50. The van der Waals surface area contributed by atoms with Gasteiger partial charge in [-0.2, -0.15) is 0 Å². The molecule has 2 unspecified atom stereocenters. The topological polar surface area (TPSA) is 77.8 Å². The summed E-state index contributed by atoms with van der Waals surface area (Å²) in [7, 11) is 0. The molecule has 0 aliphatic carbocycles. The number of thiophene rings is 1. The van der Waals surface area contributed by atoms with E-state index in [0.29, 0.717) is 24.4 Å². The second-order valence-corrected chi connectivity index (χ2v) is 6.51. The van der Waals surface area contributed by atoms with Crippen LogP contribution in [0.1, 0.15) is 35.8 Å². The molecule has 1 aromatic heterocycles. The maximum Gasteiger partial charge on any atom is 0.307 e. The Balaban J connectivity index is 1.84. The third-order valence-electron chi connectivity index (χ3n) is 3.98. The van der Waals surface area contributed by atoms with E-state index in [1.54, 1.807) is 0 Å². The number of carboxylic acids is 1. The number of nitrogens with zero attached hydrogens (tertiary/aromatic N) is 1. The number of carboxylic acid groups (broad SMARTS) is 1. The predicted molar refractivity (Wildman–Crippen MR) is 80.4 cm³/mol. The van der Waals surface area contributed by atoms with Crippen molar-refractivity contribution in [2.45, 2.75) is 32.3 Å². The first-order valence-corrected chi connectivity index (χ1v) is 8.07. The number of piperidine rings is 1. The van der Waals surface area contributed by atoms with Gasteiger partial charge in [0.05, 0.1) is 5.92 Å². The van der Waals surface area contributed by atoms with Crippen molar-refractivity contribution in [3.05, 3.63) is 21.9 Å². The summed E-state index contributed by atoms with van der Waals surface area (Å²) in [5, 5.41) is 21.0. The van der Waals surface area contributed by atoms with Gasteiger partial charge in [-0.25, -0.2) is 0 Å². The quantitative estimate of drug-likeness (QED) is 0.838. The van der Waals surface area contributed by atoms with Gasteiger partial charge in [-0.3, -0.25) is 9.59 Å². The maximum absolute atomic E-state index is 12.1. The molecule has 116 valence electrons. The number of aliphatic carboxylic acids is 1. The first-order chi connectivity index (χ1) is 9.99. The van der Waals surface area contributed by atoms with Crippen LogP contribution in [0.3, 0.4) is 0 Å². The van der Waals surface area contributed by atoms with E-state index in [1.165, 1.54) is 11.3 Å². The summed E-state index contributed by atoms with van der Waals surface area (Å²) in [6.07, 6.45) is 0.754. The van der Waals surface area contributed by atoms with Crippen LogP contribution in [0.2, 0.25) is 0 Å². The molecule has 2 N–H and O–H groups in total. The van der Waals surface area contributed by atoms with Crippen LogP contribution in [0.4, 0.5) is 0 Å². The van der Waals surface area contributed by atoms with Crippen LogP contribution in [0.5, 0.6) is 0 Å². The number of carbonyl (C=O) groups is 2. The molecule has 0 spiro atoms. The van der Waals surface area contributed by atoms with Crippen LogP contribution in [0.15, 0.2) is 11.4 Å². The van der Waals surface area contributed by atoms with Crippen LogP contribution in [0.25, 0.3) is 0 Å². The number of hydrogen-bond acceptors (Lipinski definition) is 5. The van der Waals surface area contributed by atoms with Gasteiger partial charge < -0.3 is 15.1 Å². The number of likely N-dealkylation sites (tertiary alicyclic amines) is 1. The molecular weight excluding hydrogens is 290 g/mol. The van der Waals surface area contributed by atoms with Crippen molar-refractivity contribution in [1.29, 1.82) is 0 Å². The Hall–Kier alpha value is -1.24. The van der Waals surface area contributed by atoms with Gasteiger partial charge in [-0.15, -0.1) is 11.3 Å². The summed E-state index contributed by atoms with van der Waals surface area (Å²) >= 11 is 1.39. The van der Waals surface area contributed by atoms with Gasteiger partial charge >= 0.3 is 5.97 Å². The summed E-state index contributed by atoms with van der Waals surface area (Å²) in [4.78, 5) is 25.8. The van der Waals surface area contributed by atoms with Gasteiger partial charge in [-0.1, -0.05) is 0 Å². The minimum absolute atomic E-state index is 0.196. The summed E-state index contributed by atoms with van der Waals surface area (Å²) < 4.78 is 0. The highest BCUT2D eigenvalue weighted by molar-refractivity contribution is 7.10. The highest BCUT2D eigenvalue weighted by Gasteiger charge is 2.26. The second kappa shape index (κ2) is 7.15. The van der Waals surface area contributed by atoms with Crippen molar-refractivity contribution in [3.63, 3.8) is 0 Å². The van der Waals surface area contributed by atoms with Crippen molar-refractivity contribution in [1.82, 2.24) is 4.90 Å². The van der Waals surface area contributed by atoms with Crippen molar-refractivity contribution < 1.29 is 19.8 Å². The fourth-order valence-corrected chi connectivity index (χ4v) is 3.61. The molecule has 1 aliphatic heterocycles. The van der Waals surface area contributed by atoms with E-state index in [4.69, 9.17) is 5.11 Å². The molecule has 1 saturated heterocycles. The average molecular weight is 311 g/mol. The molecule has 2 heterocycles. The Bertz CT molecular complexity index is 514. The molecule has 2 rings (SSSR count). The van der Waals surface area contributed by atoms with Gasteiger partial charge in [0, 0.05) is 24.4 Å². The third kappa shape index (κ3) is 4.12. The number of hydrogen-bond donors (Lipinski definition) is 2. The second-order valence-electron chi connectivity index (χ2n) is 5.56. The van der Waals surface area contributed by atoms with Crippen LogP contribution < -0.4 is 0 Å². The molecule has 0 amide bonds. The lowest BCUT2D eigenvalue weighted by molar-refractivity contribution is -0.143. The molecule has 2 atom stereocenters. The van der Waals surface area contributed by atoms with E-state index < -0.39 is 12.1 Å². The molecule has 0 saturated carbocycles. The number of aliphatic hydroxyl groups is 1. The lowest BCUT2D eigenvalue weighted by Crippen LogP contribution is -2.39. The van der Waals surface area contributed by atoms with Crippen LogP contribution in [0, 0.1) is 12.8 Å². The molecule has 1 aliphatic rings. The minimum Gasteiger partial charge on any atom is -0.481 e. The van der Waals surface area contributed by atoms with E-state index >= 15 is 0 Å². The first kappa shape index (κ1) is 16.1. The number of rotatable bonds is 6. The minimum atomic E-state index is -1.05. The van der Waals surface area contributed by atoms with E-state index in [2.05, 4.69) is 0 Å². The third-order valence-corrected chi connectivity index (χ3v) is 5.06. The van der Waals surface area contributed by atoms with Crippen LogP contribution >= 0.6 is 11.3 Å². The fourth-order valence-electron chi connectivity index (χ4n) is 2.68. The monoisotopic (exact) mass is 311 g/mol. The van der Waals surface area contributed by atoms with Crippen molar-refractivity contribution in [3.8, 4) is 0 Å². The Morgan fingerprint density at radius 2 is 2.29 bits per heavy atom. The number of Topliss-reactive ketones (excluding diaryl/α,β-unsaturated/α-hetero) is 1. The average Bonchev–Trinajstić information content (AvgIpc) is 2.90. The van der Waals surface area contributed by atoms with Crippen molar-refractivity contribution >= 4 is 23.1 Å². The molecule has 21 heavy (non-hydrogen) atoms. The highest BCUT2D eigenvalue weighted by Crippen LogP contribution is 2.25. The molecule has 6 heteroatoms. The van der Waals surface area contributed by atoms with E-state index in [9.17, 15) is 14.7 Å². The Labute approximate surface area is 128 Å². The molecule has 0 aromatic carbocycles. The molecule has 0 radical (unpaired) electrons. The molecule has 0 bridgehead atoms. The van der Waals surface area contributed by atoms with Gasteiger partial charge in [0.2, 0.25) is 0 Å². The van der Waals surface area contributed by atoms with Crippen LogP contribution in [-0.4, -0.2) is 46.5 Å². The SMILES string of the molecule is Cc1ccsc1C(O)C(=O)CCN1CCCC(C(=O)O)C1. The first-order valence-electron chi connectivity index (χ1n) is 7.19. The van der Waals surface area contributed by atoms with Gasteiger partial charge in [0.15, 0.2) is 5.78 Å². The predicted octanol–water partition coefficient (Wildman–Crippen LogP) is 1.85. The van der Waals surface area contributed by atoms with Crippen LogP contribution in [-0.2, 0) is 9.59 Å². The Morgan fingerprint density at radius 1 is 1.52 bits per heavy atom. The fraction of sp³-hybridized carbons (Fsp3) is 0.600. The molecule has 1 fully saturated rings. The van der Waals surface area contributed by atoms with Gasteiger partial charge in [0.1, 0.15) is 6.10 Å². The number of aliphatic hydroxyl groups excluding tert-OH is 1. The summed E-state index contributed by atoms with van der Waals surface area (Å²) in [6, 6.07) is 1.89. The zero-order valence-electron chi connectivity index (χ0n) is 12.1. The number of carbonyl (C=O) groups excluding carboxylic acids is 1. The van der Waals surface area contributed by atoms with Crippen molar-refractivity contribution in [2.75, 3.05) is 19.6 Å². The standard InChI is InChI=1S/C15H21NO4S/c1-10-5-8-21-14(10)13(18)12(17)4-7-16-6-2-3-11(9-16)15(19)20/h5,8,11,13,18H,2-4,6-7,9H2,1H3,(H,19,20). The smallest absolute Gasteiger partial charge is 0.307 e. The summed E-state index contributed by atoms with van der Waals surface area (Å²) in [6.45, 7) is 3.72. The van der Waals surface area contributed by atoms with Gasteiger partial charge in [0.25, 0.3) is 0 Å². The molecule has 5 nitrogen and oxygen atoms in total.